The first kappa shape index (κ1) is 28.4. The highest BCUT2D eigenvalue weighted by Crippen LogP contribution is 2.35. The van der Waals surface area contributed by atoms with Crippen molar-refractivity contribution in [3.63, 3.8) is 0 Å². The van der Waals surface area contributed by atoms with Crippen molar-refractivity contribution >= 4 is 87.6 Å². The molecule has 12 heteroatoms. The number of halogens is 4. The number of hydrogen-bond acceptors (Lipinski definition) is 5. The number of carbonyl (C=O) groups is 4. The molecule has 1 aliphatic heterocycles. The summed E-state index contributed by atoms with van der Waals surface area (Å²) < 4.78 is 5.54. The summed E-state index contributed by atoms with van der Waals surface area (Å²) in [6.07, 6.45) is 1.23. The van der Waals surface area contributed by atoms with Gasteiger partial charge in [-0.25, -0.2) is 9.69 Å². The minimum Gasteiger partial charge on any atom is -0.481 e. The SMILES string of the molecule is Cc1ccc(NC(=O)COc2c(Cl)cc(/C=C3/C(=O)NC(=O)N(c4ccc(Cl)c(Cl)c4)C3=O)cc2Cl)c(C)c1. The summed E-state index contributed by atoms with van der Waals surface area (Å²) in [5.74, 6) is -2.17. The lowest BCUT2D eigenvalue weighted by atomic mass is 10.1. The van der Waals surface area contributed by atoms with Crippen LogP contribution in [0.4, 0.5) is 16.2 Å². The third kappa shape index (κ3) is 6.37. The number of aryl methyl sites for hydroxylation is 2. The van der Waals surface area contributed by atoms with Crippen LogP contribution < -0.4 is 20.3 Å². The molecule has 1 fully saturated rings. The lowest BCUT2D eigenvalue weighted by Crippen LogP contribution is -2.54. The molecule has 0 bridgehead atoms. The van der Waals surface area contributed by atoms with Crippen LogP contribution in [0.3, 0.4) is 0 Å². The summed E-state index contributed by atoms with van der Waals surface area (Å²) in [6.45, 7) is 3.46. The zero-order valence-corrected chi connectivity index (χ0v) is 23.4. The van der Waals surface area contributed by atoms with Gasteiger partial charge in [0.15, 0.2) is 12.4 Å². The third-order valence-electron chi connectivity index (χ3n) is 5.60. The Morgan fingerprint density at radius 1 is 0.923 bits per heavy atom. The molecule has 4 rings (SSSR count). The van der Waals surface area contributed by atoms with Gasteiger partial charge in [-0.1, -0.05) is 64.1 Å². The molecule has 3 aromatic rings. The van der Waals surface area contributed by atoms with Gasteiger partial charge in [-0.05, 0) is 67.4 Å². The summed E-state index contributed by atoms with van der Waals surface area (Å²) in [7, 11) is 0. The van der Waals surface area contributed by atoms with E-state index in [4.69, 9.17) is 51.1 Å². The maximum absolute atomic E-state index is 13.1. The Balaban J connectivity index is 1.53. The van der Waals surface area contributed by atoms with E-state index in [1.54, 1.807) is 6.07 Å². The van der Waals surface area contributed by atoms with Gasteiger partial charge in [0.2, 0.25) is 0 Å². The van der Waals surface area contributed by atoms with Crippen LogP contribution in [0.5, 0.6) is 5.75 Å². The topological polar surface area (TPSA) is 105 Å². The van der Waals surface area contributed by atoms with Crippen LogP contribution in [0.25, 0.3) is 6.08 Å². The summed E-state index contributed by atoms with van der Waals surface area (Å²) in [6, 6.07) is 11.6. The molecule has 0 aromatic heterocycles. The number of nitrogens with zero attached hydrogens (tertiary/aromatic N) is 1. The van der Waals surface area contributed by atoms with Crippen molar-refractivity contribution in [2.24, 2.45) is 0 Å². The molecule has 1 aliphatic rings. The molecular formula is C27H19Cl4N3O5. The number of imide groups is 2. The van der Waals surface area contributed by atoms with Crippen molar-refractivity contribution in [3.8, 4) is 5.75 Å². The molecular weight excluding hydrogens is 588 g/mol. The Bertz CT molecular complexity index is 1550. The highest BCUT2D eigenvalue weighted by molar-refractivity contribution is 6.43. The van der Waals surface area contributed by atoms with Crippen LogP contribution in [0.2, 0.25) is 20.1 Å². The quantitative estimate of drug-likeness (QED) is 0.243. The number of barbiturate groups is 1. The number of anilines is 2. The fourth-order valence-corrected chi connectivity index (χ4v) is 4.67. The van der Waals surface area contributed by atoms with E-state index in [2.05, 4.69) is 10.6 Å². The van der Waals surface area contributed by atoms with E-state index >= 15 is 0 Å². The van der Waals surface area contributed by atoms with Crippen molar-refractivity contribution in [1.29, 1.82) is 0 Å². The zero-order valence-electron chi connectivity index (χ0n) is 20.4. The zero-order chi connectivity index (χ0) is 28.4. The molecule has 200 valence electrons. The van der Waals surface area contributed by atoms with Crippen LogP contribution in [-0.2, 0) is 14.4 Å². The average molecular weight is 607 g/mol. The van der Waals surface area contributed by atoms with Crippen molar-refractivity contribution in [2.45, 2.75) is 13.8 Å². The van der Waals surface area contributed by atoms with Gasteiger partial charge in [0, 0.05) is 5.69 Å². The average Bonchev–Trinajstić information content (AvgIpc) is 2.85. The fraction of sp³-hybridized carbons (Fsp3) is 0.111. The van der Waals surface area contributed by atoms with Crippen LogP contribution >= 0.6 is 46.4 Å². The molecule has 8 nitrogen and oxygen atoms in total. The summed E-state index contributed by atoms with van der Waals surface area (Å²) in [5.41, 5.74) is 2.66. The number of ether oxygens (including phenoxy) is 1. The highest BCUT2D eigenvalue weighted by atomic mass is 35.5. The molecule has 0 aliphatic carbocycles. The minimum absolute atomic E-state index is 0.0368. The highest BCUT2D eigenvalue weighted by Gasteiger charge is 2.37. The maximum atomic E-state index is 13.1. The van der Waals surface area contributed by atoms with E-state index in [0.717, 1.165) is 16.0 Å². The molecule has 0 radical (unpaired) electrons. The van der Waals surface area contributed by atoms with Gasteiger partial charge in [0.05, 0.1) is 25.8 Å². The number of carbonyl (C=O) groups excluding carboxylic acids is 4. The third-order valence-corrected chi connectivity index (χ3v) is 6.90. The second kappa shape index (κ2) is 11.7. The first-order valence-corrected chi connectivity index (χ1v) is 12.8. The second-order valence-electron chi connectivity index (χ2n) is 8.53. The van der Waals surface area contributed by atoms with Crippen molar-refractivity contribution in [2.75, 3.05) is 16.8 Å². The van der Waals surface area contributed by atoms with E-state index in [9.17, 15) is 19.2 Å². The Kier molecular flexibility index (Phi) is 8.51. The number of urea groups is 1. The standard InChI is InChI=1S/C27H19Cl4N3O5/c1-13-3-6-22(14(2)7-13)32-23(35)12-39-24-20(30)9-15(10-21(24)31)8-17-25(36)33-27(38)34(26(17)37)16-4-5-18(28)19(29)11-16/h3-11H,12H2,1-2H3,(H,32,35)(H,33,36,38)/b17-8-. The minimum atomic E-state index is -0.945. The van der Waals surface area contributed by atoms with Gasteiger partial charge < -0.3 is 10.1 Å². The molecule has 0 unspecified atom stereocenters. The molecule has 39 heavy (non-hydrogen) atoms. The van der Waals surface area contributed by atoms with Gasteiger partial charge in [-0.2, -0.15) is 0 Å². The normalized spacial score (nSPS) is 14.5. The fourth-order valence-electron chi connectivity index (χ4n) is 3.76. The lowest BCUT2D eigenvalue weighted by molar-refractivity contribution is -0.122. The summed E-state index contributed by atoms with van der Waals surface area (Å²) in [5, 5.41) is 5.29. The van der Waals surface area contributed by atoms with Crippen LogP contribution in [-0.4, -0.2) is 30.4 Å². The van der Waals surface area contributed by atoms with E-state index in [0.29, 0.717) is 5.69 Å². The maximum Gasteiger partial charge on any atom is 0.335 e. The van der Waals surface area contributed by atoms with Crippen molar-refractivity contribution in [1.82, 2.24) is 5.32 Å². The molecule has 2 N–H and O–H groups in total. The lowest BCUT2D eigenvalue weighted by Gasteiger charge is -2.26. The van der Waals surface area contributed by atoms with Gasteiger partial charge in [0.25, 0.3) is 17.7 Å². The number of nitrogens with one attached hydrogen (secondary N) is 2. The largest absolute Gasteiger partial charge is 0.481 e. The molecule has 5 amide bonds. The number of hydrogen-bond donors (Lipinski definition) is 2. The van der Waals surface area contributed by atoms with Crippen LogP contribution in [0, 0.1) is 13.8 Å². The Morgan fingerprint density at radius 2 is 1.62 bits per heavy atom. The molecule has 0 saturated carbocycles. The Morgan fingerprint density at radius 3 is 2.26 bits per heavy atom. The molecule has 1 heterocycles. The predicted octanol–water partition coefficient (Wildman–Crippen LogP) is 6.60. The molecule has 1 saturated heterocycles. The van der Waals surface area contributed by atoms with Crippen LogP contribution in [0.1, 0.15) is 16.7 Å². The van der Waals surface area contributed by atoms with Crippen molar-refractivity contribution < 1.29 is 23.9 Å². The van der Waals surface area contributed by atoms with Crippen LogP contribution in [0.15, 0.2) is 54.1 Å². The van der Waals surface area contributed by atoms with Gasteiger partial charge in [-0.3, -0.25) is 19.7 Å². The smallest absolute Gasteiger partial charge is 0.335 e. The first-order valence-electron chi connectivity index (χ1n) is 11.3. The van der Waals surface area contributed by atoms with Gasteiger partial charge in [-0.15, -0.1) is 0 Å². The number of amides is 5. The van der Waals surface area contributed by atoms with E-state index in [-0.39, 0.29) is 49.3 Å². The monoisotopic (exact) mass is 605 g/mol. The van der Waals surface area contributed by atoms with Gasteiger partial charge in [0.1, 0.15) is 5.57 Å². The number of rotatable bonds is 6. The molecule has 3 aromatic carbocycles. The number of benzene rings is 3. The summed E-state index contributed by atoms with van der Waals surface area (Å²) in [4.78, 5) is 51.2. The summed E-state index contributed by atoms with van der Waals surface area (Å²) >= 11 is 24.6. The van der Waals surface area contributed by atoms with E-state index in [1.165, 1.54) is 36.4 Å². The van der Waals surface area contributed by atoms with Gasteiger partial charge >= 0.3 is 6.03 Å². The Labute approximate surface area is 243 Å². The molecule has 0 spiro atoms. The Hall–Kier alpha value is -3.56. The second-order valence-corrected chi connectivity index (χ2v) is 10.2. The first-order chi connectivity index (χ1) is 18.4. The predicted molar refractivity (Wildman–Crippen MR) is 152 cm³/mol. The van der Waals surface area contributed by atoms with Crippen molar-refractivity contribution in [3.05, 3.63) is 90.9 Å². The van der Waals surface area contributed by atoms with E-state index < -0.39 is 23.8 Å². The molecule has 0 atom stereocenters. The van der Waals surface area contributed by atoms with E-state index in [1.807, 2.05) is 26.0 Å².